The van der Waals surface area contributed by atoms with E-state index in [1.807, 2.05) is 49.5 Å². The minimum atomic E-state index is -0.0772. The van der Waals surface area contributed by atoms with E-state index < -0.39 is 0 Å². The van der Waals surface area contributed by atoms with Gasteiger partial charge in [0.15, 0.2) is 0 Å². The normalized spacial score (nSPS) is 11.8. The molecule has 0 radical (unpaired) electrons. The van der Waals surface area contributed by atoms with E-state index in [2.05, 4.69) is 27.9 Å². The summed E-state index contributed by atoms with van der Waals surface area (Å²) in [5.41, 5.74) is 2.83. The Hall–Kier alpha value is -3.18. The monoisotopic (exact) mass is 359 g/mol. The number of para-hydroxylation sites is 2. The molecule has 4 rings (SSSR count). The lowest BCUT2D eigenvalue weighted by molar-refractivity contribution is 0.278. The molecule has 0 spiro atoms. The number of hydrogen-bond donors (Lipinski definition) is 1. The van der Waals surface area contributed by atoms with E-state index in [9.17, 15) is 9.90 Å². The highest BCUT2D eigenvalue weighted by Gasteiger charge is 2.09. The molecule has 0 aliphatic heterocycles. The van der Waals surface area contributed by atoms with E-state index in [1.54, 1.807) is 10.6 Å². The molecule has 0 unspecified atom stereocenters. The summed E-state index contributed by atoms with van der Waals surface area (Å²) in [7, 11) is 2.02. The van der Waals surface area contributed by atoms with Crippen LogP contribution in [0.15, 0.2) is 59.5 Å². The van der Waals surface area contributed by atoms with E-state index in [4.69, 9.17) is 0 Å². The summed E-state index contributed by atoms with van der Waals surface area (Å²) in [6.45, 7) is 0.466. The molecule has 5 nitrogen and oxygen atoms in total. The number of benzene rings is 2. The maximum Gasteiger partial charge on any atom is 0.261 e. The molecule has 27 heavy (non-hydrogen) atoms. The fraction of sp³-hybridized carbons (Fsp3) is 0.182. The van der Waals surface area contributed by atoms with Crippen molar-refractivity contribution >= 4 is 34.0 Å². The van der Waals surface area contributed by atoms with Crippen LogP contribution < -0.4 is 5.56 Å². The molecular formula is C22H21N3O2. The van der Waals surface area contributed by atoms with Gasteiger partial charge in [-0.15, -0.1) is 0 Å². The van der Waals surface area contributed by atoms with Crippen LogP contribution in [0.4, 0.5) is 0 Å². The zero-order chi connectivity index (χ0) is 18.8. The first-order valence-corrected chi connectivity index (χ1v) is 9.01. The van der Waals surface area contributed by atoms with E-state index in [1.165, 1.54) is 0 Å². The van der Waals surface area contributed by atoms with Crippen LogP contribution in [0.3, 0.4) is 0 Å². The molecule has 2 heterocycles. The van der Waals surface area contributed by atoms with Crippen LogP contribution in [0.2, 0.25) is 0 Å². The highest BCUT2D eigenvalue weighted by atomic mass is 16.3. The molecule has 0 saturated carbocycles. The van der Waals surface area contributed by atoms with Crippen molar-refractivity contribution in [1.82, 2.24) is 14.1 Å². The van der Waals surface area contributed by atoms with Crippen molar-refractivity contribution in [3.8, 4) is 0 Å². The van der Waals surface area contributed by atoms with E-state index in [0.717, 1.165) is 16.5 Å². The van der Waals surface area contributed by atoms with Crippen LogP contribution in [-0.2, 0) is 13.6 Å². The highest BCUT2D eigenvalue weighted by molar-refractivity contribution is 5.92. The van der Waals surface area contributed by atoms with E-state index in [0.29, 0.717) is 29.7 Å². The lowest BCUT2D eigenvalue weighted by Crippen LogP contribution is -2.24. The van der Waals surface area contributed by atoms with Crippen LogP contribution in [0.1, 0.15) is 17.8 Å². The van der Waals surface area contributed by atoms with Gasteiger partial charge in [0.2, 0.25) is 0 Å². The van der Waals surface area contributed by atoms with Gasteiger partial charge in [0.1, 0.15) is 5.82 Å². The quantitative estimate of drug-likeness (QED) is 0.594. The zero-order valence-corrected chi connectivity index (χ0v) is 15.2. The molecule has 0 bridgehead atoms. The van der Waals surface area contributed by atoms with Crippen LogP contribution in [0.25, 0.3) is 34.0 Å². The van der Waals surface area contributed by atoms with Gasteiger partial charge in [-0.25, -0.2) is 4.98 Å². The molecule has 136 valence electrons. The summed E-state index contributed by atoms with van der Waals surface area (Å²) < 4.78 is 3.72. The molecule has 2 aromatic carbocycles. The Kier molecular flexibility index (Phi) is 4.60. The Labute approximate surface area is 156 Å². The van der Waals surface area contributed by atoms with Gasteiger partial charge < -0.3 is 9.67 Å². The second kappa shape index (κ2) is 7.21. The molecule has 5 heteroatoms. The van der Waals surface area contributed by atoms with Crippen LogP contribution in [0.5, 0.6) is 0 Å². The molecule has 0 saturated heterocycles. The Morgan fingerprint density at radius 3 is 2.59 bits per heavy atom. The molecular weight excluding hydrogens is 338 g/mol. The Bertz CT molecular complexity index is 1200. The molecule has 4 aromatic rings. The number of aromatic nitrogens is 3. The number of aliphatic hydroxyl groups excluding tert-OH is 1. The van der Waals surface area contributed by atoms with Gasteiger partial charge in [-0.3, -0.25) is 9.36 Å². The van der Waals surface area contributed by atoms with Gasteiger partial charge in [0.25, 0.3) is 5.56 Å². The minimum Gasteiger partial charge on any atom is -0.396 e. The van der Waals surface area contributed by atoms with E-state index in [-0.39, 0.29) is 12.2 Å². The predicted molar refractivity (Wildman–Crippen MR) is 110 cm³/mol. The van der Waals surface area contributed by atoms with Crippen molar-refractivity contribution in [1.29, 1.82) is 0 Å². The maximum atomic E-state index is 12.9. The SMILES string of the molecule is Cn1cc(C=Cc2nc3ccccc3c(=O)n2CCCO)c2ccccc21. The summed E-state index contributed by atoms with van der Waals surface area (Å²) in [5.74, 6) is 0.597. The topological polar surface area (TPSA) is 60.0 Å². The molecule has 0 aliphatic rings. The Morgan fingerprint density at radius 2 is 1.78 bits per heavy atom. The third kappa shape index (κ3) is 3.17. The van der Waals surface area contributed by atoms with Gasteiger partial charge in [0.05, 0.1) is 10.9 Å². The van der Waals surface area contributed by atoms with Crippen molar-refractivity contribution in [2.45, 2.75) is 13.0 Å². The van der Waals surface area contributed by atoms with Crippen molar-refractivity contribution in [3.05, 3.63) is 76.5 Å². The highest BCUT2D eigenvalue weighted by Crippen LogP contribution is 2.22. The number of aryl methyl sites for hydroxylation is 1. The standard InChI is InChI=1S/C22H21N3O2/c1-24-15-16(17-7-3-5-10-20(17)24)11-12-21-23-19-9-4-2-8-18(19)22(27)25(21)13-6-14-26/h2-5,7-12,15,26H,6,13-14H2,1H3. The summed E-state index contributed by atoms with van der Waals surface area (Å²) >= 11 is 0. The number of nitrogens with zero attached hydrogens (tertiary/aromatic N) is 3. The van der Waals surface area contributed by atoms with Gasteiger partial charge in [0, 0.05) is 42.9 Å². The van der Waals surface area contributed by atoms with Crippen molar-refractivity contribution in [3.63, 3.8) is 0 Å². The number of hydrogen-bond acceptors (Lipinski definition) is 3. The molecule has 2 aromatic heterocycles. The fourth-order valence-electron chi connectivity index (χ4n) is 3.43. The summed E-state index contributed by atoms with van der Waals surface area (Å²) in [4.78, 5) is 17.6. The second-order valence-electron chi connectivity index (χ2n) is 6.57. The predicted octanol–water partition coefficient (Wildman–Crippen LogP) is 3.44. The van der Waals surface area contributed by atoms with Crippen LogP contribution in [0, 0.1) is 0 Å². The second-order valence-corrected chi connectivity index (χ2v) is 6.57. The average Bonchev–Trinajstić information content (AvgIpc) is 3.02. The minimum absolute atomic E-state index is 0.0335. The van der Waals surface area contributed by atoms with Gasteiger partial charge >= 0.3 is 0 Å². The fourth-order valence-corrected chi connectivity index (χ4v) is 3.43. The van der Waals surface area contributed by atoms with E-state index >= 15 is 0 Å². The van der Waals surface area contributed by atoms with Crippen molar-refractivity contribution in [2.24, 2.45) is 7.05 Å². The van der Waals surface area contributed by atoms with Gasteiger partial charge in [-0.05, 0) is 36.8 Å². The molecule has 0 fully saturated rings. The first-order valence-electron chi connectivity index (χ1n) is 9.01. The van der Waals surface area contributed by atoms with Gasteiger partial charge in [-0.2, -0.15) is 0 Å². The largest absolute Gasteiger partial charge is 0.396 e. The summed E-state index contributed by atoms with van der Waals surface area (Å²) in [5, 5.41) is 10.9. The third-order valence-corrected chi connectivity index (χ3v) is 4.77. The van der Waals surface area contributed by atoms with Crippen molar-refractivity contribution in [2.75, 3.05) is 6.61 Å². The number of fused-ring (bicyclic) bond motifs is 2. The maximum absolute atomic E-state index is 12.9. The first-order chi connectivity index (χ1) is 13.2. The van der Waals surface area contributed by atoms with Gasteiger partial charge in [-0.1, -0.05) is 30.3 Å². The molecule has 0 atom stereocenters. The average molecular weight is 359 g/mol. The Balaban J connectivity index is 1.84. The van der Waals surface area contributed by atoms with Crippen molar-refractivity contribution < 1.29 is 5.11 Å². The molecule has 1 N–H and O–H groups in total. The summed E-state index contributed by atoms with van der Waals surface area (Å²) in [6, 6.07) is 15.6. The third-order valence-electron chi connectivity index (χ3n) is 4.77. The molecule has 0 amide bonds. The first kappa shape index (κ1) is 17.2. The number of rotatable bonds is 5. The van der Waals surface area contributed by atoms with Crippen LogP contribution in [-0.4, -0.2) is 25.8 Å². The smallest absolute Gasteiger partial charge is 0.261 e. The lowest BCUT2D eigenvalue weighted by Gasteiger charge is -2.10. The Morgan fingerprint density at radius 1 is 1.04 bits per heavy atom. The zero-order valence-electron chi connectivity index (χ0n) is 15.2. The summed E-state index contributed by atoms with van der Waals surface area (Å²) in [6.07, 6.45) is 6.45. The number of aliphatic hydroxyl groups is 1. The lowest BCUT2D eigenvalue weighted by atomic mass is 10.1. The van der Waals surface area contributed by atoms with Crippen LogP contribution >= 0.6 is 0 Å². The molecule has 0 aliphatic carbocycles.